The minimum atomic E-state index is -5.30. The summed E-state index contributed by atoms with van der Waals surface area (Å²) in [7, 11) is 1.50. The predicted octanol–water partition coefficient (Wildman–Crippen LogP) is 4.67. The third-order valence-electron chi connectivity index (χ3n) is 4.88. The smallest absolute Gasteiger partial charge is 0.493 e. The predicted molar refractivity (Wildman–Crippen MR) is 124 cm³/mol. The van der Waals surface area contributed by atoms with Crippen molar-refractivity contribution in [3.05, 3.63) is 63.2 Å². The first-order valence-corrected chi connectivity index (χ1v) is 10.5. The Labute approximate surface area is 205 Å². The number of oxazole rings is 1. The van der Waals surface area contributed by atoms with Crippen LogP contribution in [-0.2, 0) is 4.79 Å². The minimum absolute atomic E-state index is 0.0886. The summed E-state index contributed by atoms with van der Waals surface area (Å²) in [4.78, 5) is 36.0. The second-order valence-corrected chi connectivity index (χ2v) is 7.88. The first-order chi connectivity index (χ1) is 17.0. The molecule has 0 atom stereocenters. The molecule has 2 heterocycles. The lowest BCUT2D eigenvalue weighted by atomic mass is 10.2. The summed E-state index contributed by atoms with van der Waals surface area (Å²) in [5, 5.41) is 6.53. The number of alkyl halides is 3. The van der Waals surface area contributed by atoms with Crippen LogP contribution in [0.2, 0.25) is 5.02 Å². The van der Waals surface area contributed by atoms with Crippen LogP contribution in [0.4, 0.5) is 36.3 Å². The lowest BCUT2D eigenvalue weighted by Gasteiger charge is -2.13. The lowest BCUT2D eigenvalue weighted by molar-refractivity contribution is -0.200. The van der Waals surface area contributed by atoms with E-state index in [0.29, 0.717) is 33.5 Å². The van der Waals surface area contributed by atoms with Gasteiger partial charge < -0.3 is 24.6 Å². The van der Waals surface area contributed by atoms with Crippen molar-refractivity contribution in [1.82, 2.24) is 14.7 Å². The summed E-state index contributed by atoms with van der Waals surface area (Å²) < 4.78 is 48.0. The number of fused-ring (bicyclic) bond motifs is 1. The van der Waals surface area contributed by atoms with E-state index in [0.717, 1.165) is 5.56 Å². The highest BCUT2D eigenvalue weighted by Gasteiger charge is 2.42. The van der Waals surface area contributed by atoms with E-state index in [1.165, 1.54) is 25.3 Å². The topological polar surface area (TPSA) is 121 Å². The van der Waals surface area contributed by atoms with Crippen molar-refractivity contribution in [2.75, 3.05) is 17.7 Å². The summed E-state index contributed by atoms with van der Waals surface area (Å²) in [6.45, 7) is 3.55. The molecule has 0 amide bonds. The van der Waals surface area contributed by atoms with E-state index >= 15 is 0 Å². The number of hydrogen-bond donors (Lipinski definition) is 2. The number of rotatable bonds is 6. The van der Waals surface area contributed by atoms with Gasteiger partial charge in [-0.25, -0.2) is 14.6 Å². The van der Waals surface area contributed by atoms with Crippen LogP contribution in [0.3, 0.4) is 0 Å². The zero-order valence-corrected chi connectivity index (χ0v) is 19.6. The van der Waals surface area contributed by atoms with Crippen molar-refractivity contribution in [3.63, 3.8) is 0 Å². The van der Waals surface area contributed by atoms with E-state index in [1.807, 2.05) is 6.92 Å². The maximum atomic E-state index is 12.6. The summed E-state index contributed by atoms with van der Waals surface area (Å²) >= 11 is 6.20. The van der Waals surface area contributed by atoms with Crippen LogP contribution in [0.15, 0.2) is 45.7 Å². The van der Waals surface area contributed by atoms with E-state index in [-0.39, 0.29) is 21.8 Å². The molecule has 4 rings (SSSR count). The molecule has 10 nitrogen and oxygen atoms in total. The van der Waals surface area contributed by atoms with Crippen molar-refractivity contribution in [3.8, 4) is 5.75 Å². The number of carbonyl (C=O) groups excluding carboxylic acids is 1. The molecule has 2 N–H and O–H groups in total. The molecule has 0 bridgehead atoms. The normalized spacial score (nSPS) is 11.4. The Morgan fingerprint density at radius 2 is 1.86 bits per heavy atom. The molecule has 0 unspecified atom stereocenters. The summed E-state index contributed by atoms with van der Waals surface area (Å²) in [6, 6.07) is 7.57. The Balaban J connectivity index is 1.63. The van der Waals surface area contributed by atoms with Crippen LogP contribution < -0.4 is 26.0 Å². The van der Waals surface area contributed by atoms with E-state index in [1.54, 1.807) is 25.3 Å². The summed E-state index contributed by atoms with van der Waals surface area (Å²) in [5.41, 5.74) is 2.06. The Hall–Kier alpha value is -4.26. The number of nitrogens with zero attached hydrogens (tertiary/aromatic N) is 3. The molecule has 36 heavy (non-hydrogen) atoms. The lowest BCUT2D eigenvalue weighted by Crippen LogP contribution is -2.36. The Bertz CT molecular complexity index is 1530. The first kappa shape index (κ1) is 24.9. The molecule has 0 aliphatic rings. The second-order valence-electron chi connectivity index (χ2n) is 7.51. The number of anilines is 4. The number of nitrogens with one attached hydrogen (secondary N) is 2. The van der Waals surface area contributed by atoms with Gasteiger partial charge in [0.05, 0.1) is 12.1 Å². The molecule has 188 valence electrons. The van der Waals surface area contributed by atoms with E-state index < -0.39 is 17.9 Å². The molecular formula is C22H17ClF3N5O5. The molecule has 0 saturated carbocycles. The maximum absolute atomic E-state index is 12.6. The molecule has 0 aliphatic carbocycles. The van der Waals surface area contributed by atoms with Crippen molar-refractivity contribution >= 4 is 51.8 Å². The van der Waals surface area contributed by atoms with Crippen molar-refractivity contribution in [2.45, 2.75) is 20.0 Å². The molecule has 0 spiro atoms. The zero-order valence-electron chi connectivity index (χ0n) is 18.9. The molecule has 0 fully saturated rings. The van der Waals surface area contributed by atoms with Gasteiger partial charge in [0.2, 0.25) is 5.95 Å². The van der Waals surface area contributed by atoms with Crippen molar-refractivity contribution < 1.29 is 32.0 Å². The highest BCUT2D eigenvalue weighted by molar-refractivity contribution is 6.32. The van der Waals surface area contributed by atoms with Crippen LogP contribution in [0.25, 0.3) is 11.1 Å². The molecule has 14 heteroatoms. The van der Waals surface area contributed by atoms with Crippen LogP contribution >= 0.6 is 11.6 Å². The molecule has 2 aromatic carbocycles. The van der Waals surface area contributed by atoms with Gasteiger partial charge in [0.25, 0.3) is 0 Å². The van der Waals surface area contributed by atoms with Gasteiger partial charge >= 0.3 is 17.9 Å². The quantitative estimate of drug-likeness (QED) is 0.371. The number of ether oxygens (including phenoxy) is 1. The fourth-order valence-corrected chi connectivity index (χ4v) is 3.33. The van der Waals surface area contributed by atoms with E-state index in [9.17, 15) is 22.8 Å². The van der Waals surface area contributed by atoms with Crippen LogP contribution in [-0.4, -0.2) is 34.0 Å². The maximum Gasteiger partial charge on any atom is 0.493 e. The highest BCUT2D eigenvalue weighted by Crippen LogP contribution is 2.32. The monoisotopic (exact) mass is 523 g/mol. The Morgan fingerprint density at radius 1 is 1.11 bits per heavy atom. The zero-order chi connectivity index (χ0) is 26.2. The van der Waals surface area contributed by atoms with E-state index in [2.05, 4.69) is 25.4 Å². The highest BCUT2D eigenvalue weighted by atomic mass is 35.5. The molecule has 2 aromatic heterocycles. The van der Waals surface area contributed by atoms with Gasteiger partial charge in [-0.1, -0.05) is 16.3 Å². The van der Waals surface area contributed by atoms with Gasteiger partial charge in [-0.05, 0) is 43.7 Å². The van der Waals surface area contributed by atoms with Gasteiger partial charge in [0.1, 0.15) is 17.1 Å². The van der Waals surface area contributed by atoms with Gasteiger partial charge in [-0.2, -0.15) is 18.2 Å². The number of carbonyl (C=O) groups is 1. The number of halogens is 4. The van der Waals surface area contributed by atoms with Crippen molar-refractivity contribution in [2.24, 2.45) is 0 Å². The Kier molecular flexibility index (Phi) is 6.50. The molecular weight excluding hydrogens is 507 g/mol. The fraction of sp³-hybridized carbons (Fsp3) is 0.182. The number of hydrogen-bond acceptors (Lipinski definition) is 9. The fourth-order valence-electron chi connectivity index (χ4n) is 3.15. The second kappa shape index (κ2) is 9.41. The number of aromatic nitrogens is 3. The minimum Gasteiger partial charge on any atom is -0.495 e. The Morgan fingerprint density at radius 3 is 2.56 bits per heavy atom. The third kappa shape index (κ3) is 5.05. The van der Waals surface area contributed by atoms with Crippen molar-refractivity contribution in [1.29, 1.82) is 0 Å². The average molecular weight is 524 g/mol. The first-order valence-electron chi connectivity index (χ1n) is 10.1. The van der Waals surface area contributed by atoms with Gasteiger partial charge in [-0.3, -0.25) is 0 Å². The van der Waals surface area contributed by atoms with Gasteiger partial charge in [0.15, 0.2) is 5.58 Å². The van der Waals surface area contributed by atoms with E-state index in [4.69, 9.17) is 20.8 Å². The molecule has 0 aliphatic heterocycles. The summed E-state index contributed by atoms with van der Waals surface area (Å²) in [5.74, 6) is -2.81. The molecule has 0 saturated heterocycles. The van der Waals surface area contributed by atoms with Crippen LogP contribution in [0.5, 0.6) is 5.75 Å². The largest absolute Gasteiger partial charge is 0.495 e. The number of benzene rings is 2. The molecule has 4 aromatic rings. The van der Waals surface area contributed by atoms with Crippen LogP contribution in [0, 0.1) is 13.8 Å². The third-order valence-corrected chi connectivity index (χ3v) is 5.36. The molecule has 0 radical (unpaired) electrons. The van der Waals surface area contributed by atoms with Gasteiger partial charge in [0, 0.05) is 29.2 Å². The SMILES string of the molecule is COc1cc(Nc2ncc(C)c(Nc3ccc4oc(=O)n(OC(=O)C(F)(F)F)c4c3)n2)cc(C)c1Cl. The number of methoxy groups -OCH3 is 1. The average Bonchev–Trinajstić information content (AvgIpc) is 3.12. The standard InChI is InChI=1S/C22H17ClF3N5O5/c1-10-6-13(8-16(34-3)17(10)23)29-20-27-9-11(2)18(30-20)28-12-4-5-15-14(7-12)31(21(33)35-15)36-19(32)22(24,25)26/h4-9H,1-3H3,(H2,27,28,29,30). The number of aryl methyl sites for hydroxylation is 2. The van der Waals surface area contributed by atoms with Crippen LogP contribution in [0.1, 0.15) is 11.1 Å². The summed E-state index contributed by atoms with van der Waals surface area (Å²) in [6.07, 6.45) is -3.75. The van der Waals surface area contributed by atoms with Gasteiger partial charge in [-0.15, -0.1) is 0 Å².